The third-order valence-electron chi connectivity index (χ3n) is 4.33. The second-order valence-electron chi connectivity index (χ2n) is 6.43. The summed E-state index contributed by atoms with van der Waals surface area (Å²) in [4.78, 5) is 29.1. The first-order valence-corrected chi connectivity index (χ1v) is 8.12. The van der Waals surface area contributed by atoms with E-state index in [2.05, 4.69) is 10.3 Å². The molecule has 1 amide bonds. The minimum atomic E-state index is -0.308. The molecule has 134 valence electrons. The van der Waals surface area contributed by atoms with Crippen LogP contribution in [0.15, 0.2) is 24.3 Å². The number of halogens is 1. The van der Waals surface area contributed by atoms with Crippen LogP contribution in [0, 0.1) is 19.7 Å². The van der Waals surface area contributed by atoms with Gasteiger partial charge in [-0.3, -0.25) is 9.59 Å². The number of nitrogens with one attached hydrogen (secondary N) is 2. The summed E-state index contributed by atoms with van der Waals surface area (Å²) in [6.45, 7) is 5.33. The minimum absolute atomic E-state index is 0.0729. The minimum Gasteiger partial charge on any atom is -0.354 e. The number of aryl methyl sites for hydroxylation is 1. The molecule has 0 aliphatic carbocycles. The van der Waals surface area contributed by atoms with Gasteiger partial charge in [-0.05, 0) is 58.1 Å². The van der Waals surface area contributed by atoms with Crippen LogP contribution < -0.4 is 5.32 Å². The van der Waals surface area contributed by atoms with Crippen LogP contribution in [0.2, 0.25) is 0 Å². The van der Waals surface area contributed by atoms with Gasteiger partial charge in [0.05, 0.1) is 6.04 Å². The van der Waals surface area contributed by atoms with Gasteiger partial charge in [-0.25, -0.2) is 4.39 Å². The highest BCUT2D eigenvalue weighted by molar-refractivity contribution is 6.02. The van der Waals surface area contributed by atoms with E-state index in [0.29, 0.717) is 29.1 Å². The van der Waals surface area contributed by atoms with Crippen LogP contribution in [-0.4, -0.2) is 42.2 Å². The van der Waals surface area contributed by atoms with Crippen molar-refractivity contribution in [3.05, 3.63) is 58.2 Å². The molecule has 1 aromatic heterocycles. The van der Waals surface area contributed by atoms with Crippen molar-refractivity contribution in [3.8, 4) is 0 Å². The number of benzene rings is 1. The number of likely N-dealkylation sites (N-methyl/N-ethyl adjacent to an activating group) is 1. The van der Waals surface area contributed by atoms with E-state index in [-0.39, 0.29) is 23.5 Å². The molecule has 0 radical (unpaired) electrons. The number of carbonyl (C=O) groups is 2. The Morgan fingerprint density at radius 3 is 2.48 bits per heavy atom. The molecule has 0 fully saturated rings. The van der Waals surface area contributed by atoms with Crippen molar-refractivity contribution < 1.29 is 14.0 Å². The lowest BCUT2D eigenvalue weighted by atomic mass is 10.1. The number of nitrogens with zero attached hydrogens (tertiary/aromatic N) is 1. The van der Waals surface area contributed by atoms with Gasteiger partial charge < -0.3 is 15.2 Å². The number of hydrogen-bond acceptors (Lipinski definition) is 3. The van der Waals surface area contributed by atoms with Crippen molar-refractivity contribution in [3.63, 3.8) is 0 Å². The van der Waals surface area contributed by atoms with Gasteiger partial charge in [0, 0.05) is 17.8 Å². The molecule has 25 heavy (non-hydrogen) atoms. The maximum absolute atomic E-state index is 13.5. The van der Waals surface area contributed by atoms with E-state index in [0.717, 1.165) is 5.56 Å². The number of Topliss-reactive ketones (excluding diaryl/α,β-unsaturated/α-hetero) is 1. The summed E-state index contributed by atoms with van der Waals surface area (Å²) in [6, 6.07) is 6.18. The molecule has 0 saturated heterocycles. The molecule has 0 spiro atoms. The lowest BCUT2D eigenvalue weighted by molar-refractivity contribution is 0.0936. The van der Waals surface area contributed by atoms with Crippen LogP contribution in [0.1, 0.15) is 50.6 Å². The van der Waals surface area contributed by atoms with E-state index in [4.69, 9.17) is 0 Å². The maximum atomic E-state index is 13.5. The maximum Gasteiger partial charge on any atom is 0.268 e. The second kappa shape index (κ2) is 7.61. The average molecular weight is 345 g/mol. The first kappa shape index (κ1) is 18.9. The molecular weight excluding hydrogens is 321 g/mol. The molecule has 5 nitrogen and oxygen atoms in total. The molecule has 6 heteroatoms. The van der Waals surface area contributed by atoms with Crippen LogP contribution in [0.5, 0.6) is 0 Å². The second-order valence-corrected chi connectivity index (χ2v) is 6.43. The average Bonchev–Trinajstić information content (AvgIpc) is 2.82. The number of carbonyl (C=O) groups excluding carboxylic acids is 2. The SMILES string of the molecule is CC(=O)c1c(C)[nH]c(C(=O)NC[C@H](c2cccc(F)c2)N(C)C)c1C. The Kier molecular flexibility index (Phi) is 5.74. The first-order valence-electron chi connectivity index (χ1n) is 8.12. The molecule has 0 saturated carbocycles. The highest BCUT2D eigenvalue weighted by Gasteiger charge is 2.21. The zero-order valence-corrected chi connectivity index (χ0v) is 15.2. The Labute approximate surface area is 147 Å². The summed E-state index contributed by atoms with van der Waals surface area (Å²) in [5, 5.41) is 2.87. The van der Waals surface area contributed by atoms with E-state index in [1.54, 1.807) is 19.9 Å². The topological polar surface area (TPSA) is 65.2 Å². The number of H-pyrrole nitrogens is 1. The van der Waals surface area contributed by atoms with E-state index in [1.807, 2.05) is 25.1 Å². The number of ketones is 1. The fourth-order valence-corrected chi connectivity index (χ4v) is 3.10. The van der Waals surface area contributed by atoms with Gasteiger partial charge in [-0.2, -0.15) is 0 Å². The Morgan fingerprint density at radius 2 is 1.96 bits per heavy atom. The predicted molar refractivity (Wildman–Crippen MR) is 95.4 cm³/mol. The highest BCUT2D eigenvalue weighted by atomic mass is 19.1. The molecule has 2 aromatic rings. The number of aromatic amines is 1. The van der Waals surface area contributed by atoms with Crippen molar-refractivity contribution in [1.29, 1.82) is 0 Å². The summed E-state index contributed by atoms with van der Waals surface area (Å²) >= 11 is 0. The summed E-state index contributed by atoms with van der Waals surface area (Å²) in [5.74, 6) is -0.662. The quantitative estimate of drug-likeness (QED) is 0.791. The number of amides is 1. The third kappa shape index (κ3) is 4.14. The van der Waals surface area contributed by atoms with E-state index < -0.39 is 0 Å². The van der Waals surface area contributed by atoms with Gasteiger partial charge in [0.2, 0.25) is 0 Å². The van der Waals surface area contributed by atoms with Gasteiger partial charge >= 0.3 is 0 Å². The Bertz CT molecular complexity index is 796. The van der Waals surface area contributed by atoms with E-state index >= 15 is 0 Å². The van der Waals surface area contributed by atoms with Crippen molar-refractivity contribution in [2.45, 2.75) is 26.8 Å². The molecule has 2 N–H and O–H groups in total. The van der Waals surface area contributed by atoms with Crippen LogP contribution in [-0.2, 0) is 0 Å². The van der Waals surface area contributed by atoms with Crippen molar-refractivity contribution in [2.24, 2.45) is 0 Å². The van der Waals surface area contributed by atoms with E-state index in [9.17, 15) is 14.0 Å². The van der Waals surface area contributed by atoms with E-state index in [1.165, 1.54) is 19.1 Å². The van der Waals surface area contributed by atoms with Gasteiger partial charge in [0.25, 0.3) is 5.91 Å². The summed E-state index contributed by atoms with van der Waals surface area (Å²) in [7, 11) is 3.75. The molecule has 0 unspecified atom stereocenters. The molecule has 1 aromatic carbocycles. The number of hydrogen-bond donors (Lipinski definition) is 2. The zero-order chi connectivity index (χ0) is 18.7. The Balaban J connectivity index is 2.17. The van der Waals surface area contributed by atoms with Crippen molar-refractivity contribution in [1.82, 2.24) is 15.2 Å². The summed E-state index contributed by atoms with van der Waals surface area (Å²) in [6.07, 6.45) is 0. The zero-order valence-electron chi connectivity index (χ0n) is 15.2. The number of rotatable bonds is 6. The number of aromatic nitrogens is 1. The summed E-state index contributed by atoms with van der Waals surface area (Å²) in [5.41, 5.74) is 3.06. The van der Waals surface area contributed by atoms with Crippen LogP contribution >= 0.6 is 0 Å². The van der Waals surface area contributed by atoms with Crippen LogP contribution in [0.3, 0.4) is 0 Å². The van der Waals surface area contributed by atoms with Gasteiger partial charge in [-0.15, -0.1) is 0 Å². The summed E-state index contributed by atoms with van der Waals surface area (Å²) < 4.78 is 13.5. The van der Waals surface area contributed by atoms with Crippen LogP contribution in [0.25, 0.3) is 0 Å². The van der Waals surface area contributed by atoms with Crippen LogP contribution in [0.4, 0.5) is 4.39 Å². The lowest BCUT2D eigenvalue weighted by Gasteiger charge is -2.25. The molecule has 1 heterocycles. The smallest absolute Gasteiger partial charge is 0.268 e. The van der Waals surface area contributed by atoms with Gasteiger partial charge in [-0.1, -0.05) is 12.1 Å². The predicted octanol–water partition coefficient (Wildman–Crippen LogP) is 3.01. The molecule has 0 aliphatic rings. The largest absolute Gasteiger partial charge is 0.354 e. The molecule has 0 aliphatic heterocycles. The van der Waals surface area contributed by atoms with Gasteiger partial charge in [0.1, 0.15) is 11.5 Å². The fourth-order valence-electron chi connectivity index (χ4n) is 3.10. The lowest BCUT2D eigenvalue weighted by Crippen LogP contribution is -2.35. The van der Waals surface area contributed by atoms with Crippen molar-refractivity contribution >= 4 is 11.7 Å². The highest BCUT2D eigenvalue weighted by Crippen LogP contribution is 2.20. The normalized spacial score (nSPS) is 12.3. The van der Waals surface area contributed by atoms with Crippen molar-refractivity contribution in [2.75, 3.05) is 20.6 Å². The Hall–Kier alpha value is -2.47. The third-order valence-corrected chi connectivity index (χ3v) is 4.33. The molecule has 0 bridgehead atoms. The molecule has 1 atom stereocenters. The standard InChI is InChI=1S/C19H24FN3O2/c1-11-17(13(3)24)12(2)22-18(11)19(25)21-10-16(23(4)5)14-7-6-8-15(20)9-14/h6-9,16,22H,10H2,1-5H3,(H,21,25)/t16-/m1/s1. The van der Waals surface area contributed by atoms with Gasteiger partial charge in [0.15, 0.2) is 5.78 Å². The first-order chi connectivity index (χ1) is 11.7. The molecular formula is C19H24FN3O2. The monoisotopic (exact) mass is 345 g/mol. The fraction of sp³-hybridized carbons (Fsp3) is 0.368. The molecule has 2 rings (SSSR count). The Morgan fingerprint density at radius 1 is 1.28 bits per heavy atom.